The standard InChI is InChI=1S/C29H33N5O4/c1-3-28(4-2)18-33(16-20-7-5-19(15-30)6-8-20)14-13-29(28,38)24-11-9-21-22(31-24)17-34(27(21)37)23-10-12-25(35)32-26(23)36/h5-9,11,23,38H,3-4,10,12-14,16-18H2,1-2H3,(H,32,35,36)/t23-,29-/m0/s1. The van der Waals surface area contributed by atoms with Gasteiger partial charge in [-0.05, 0) is 55.5 Å². The molecule has 2 N–H and O–H groups in total. The highest BCUT2D eigenvalue weighted by molar-refractivity contribution is 6.05. The fourth-order valence-electron chi connectivity index (χ4n) is 6.43. The summed E-state index contributed by atoms with van der Waals surface area (Å²) < 4.78 is 0. The molecule has 2 fully saturated rings. The average Bonchev–Trinajstić information content (AvgIpc) is 3.25. The zero-order valence-corrected chi connectivity index (χ0v) is 21.9. The van der Waals surface area contributed by atoms with E-state index in [4.69, 9.17) is 10.2 Å². The van der Waals surface area contributed by atoms with Crippen molar-refractivity contribution in [1.29, 1.82) is 5.26 Å². The Kier molecular flexibility index (Phi) is 6.80. The van der Waals surface area contributed by atoms with Gasteiger partial charge in [0.15, 0.2) is 0 Å². The van der Waals surface area contributed by atoms with Gasteiger partial charge in [0.1, 0.15) is 11.6 Å². The summed E-state index contributed by atoms with van der Waals surface area (Å²) in [6, 6.07) is 12.6. The quantitative estimate of drug-likeness (QED) is 0.566. The molecule has 38 heavy (non-hydrogen) atoms. The lowest BCUT2D eigenvalue weighted by Gasteiger charge is -2.53. The number of hydrogen-bond acceptors (Lipinski definition) is 7. The molecule has 0 aliphatic carbocycles. The van der Waals surface area contributed by atoms with E-state index in [1.54, 1.807) is 12.1 Å². The van der Waals surface area contributed by atoms with Gasteiger partial charge >= 0.3 is 0 Å². The predicted molar refractivity (Wildman–Crippen MR) is 138 cm³/mol. The molecular weight excluding hydrogens is 482 g/mol. The van der Waals surface area contributed by atoms with Crippen LogP contribution < -0.4 is 5.32 Å². The van der Waals surface area contributed by atoms with Crippen LogP contribution in [0.2, 0.25) is 0 Å². The number of aliphatic hydroxyl groups is 1. The van der Waals surface area contributed by atoms with Crippen LogP contribution >= 0.6 is 0 Å². The lowest BCUT2D eigenvalue weighted by atomic mass is 9.62. The van der Waals surface area contributed by atoms with E-state index in [9.17, 15) is 19.5 Å². The van der Waals surface area contributed by atoms with Crippen molar-refractivity contribution in [1.82, 2.24) is 20.1 Å². The number of imide groups is 1. The summed E-state index contributed by atoms with van der Waals surface area (Å²) in [5.74, 6) is -1.04. The van der Waals surface area contributed by atoms with Gasteiger partial charge in [-0.3, -0.25) is 29.6 Å². The first kappa shape index (κ1) is 26.0. The van der Waals surface area contributed by atoms with Gasteiger partial charge in [-0.25, -0.2) is 0 Å². The van der Waals surface area contributed by atoms with Gasteiger partial charge in [0.2, 0.25) is 11.8 Å². The molecule has 1 aromatic heterocycles. The second-order valence-corrected chi connectivity index (χ2v) is 10.7. The Bertz CT molecular complexity index is 1310. The van der Waals surface area contributed by atoms with Gasteiger partial charge in [-0.15, -0.1) is 0 Å². The number of nitrogens with zero attached hydrogens (tertiary/aromatic N) is 4. The number of benzene rings is 1. The van der Waals surface area contributed by atoms with Gasteiger partial charge in [0.25, 0.3) is 5.91 Å². The SMILES string of the molecule is CCC1(CC)CN(Cc2ccc(C#N)cc2)CC[C@]1(O)c1ccc2c(n1)CN([C@H]1CCC(=O)NC1=O)C2=O. The molecule has 9 heteroatoms. The van der Waals surface area contributed by atoms with Crippen LogP contribution in [0.15, 0.2) is 36.4 Å². The maximum atomic E-state index is 13.1. The molecule has 2 saturated heterocycles. The zero-order valence-electron chi connectivity index (χ0n) is 21.9. The highest BCUT2D eigenvalue weighted by atomic mass is 16.3. The number of nitriles is 1. The van der Waals surface area contributed by atoms with Gasteiger partial charge < -0.3 is 10.0 Å². The van der Waals surface area contributed by atoms with Gasteiger partial charge in [-0.2, -0.15) is 5.26 Å². The molecule has 0 spiro atoms. The van der Waals surface area contributed by atoms with Gasteiger partial charge in [0, 0.05) is 31.5 Å². The number of piperidine rings is 2. The fourth-order valence-corrected chi connectivity index (χ4v) is 6.43. The predicted octanol–water partition coefficient (Wildman–Crippen LogP) is 2.61. The van der Waals surface area contributed by atoms with Crippen LogP contribution in [0, 0.1) is 16.7 Å². The summed E-state index contributed by atoms with van der Waals surface area (Å²) in [6.07, 6.45) is 2.50. The smallest absolute Gasteiger partial charge is 0.256 e. The molecule has 3 aliphatic rings. The third-order valence-corrected chi connectivity index (χ3v) is 8.83. The summed E-state index contributed by atoms with van der Waals surface area (Å²) in [6.45, 7) is 6.48. The van der Waals surface area contributed by atoms with Crippen molar-refractivity contribution in [2.75, 3.05) is 13.1 Å². The number of pyridine rings is 1. The van der Waals surface area contributed by atoms with Crippen molar-refractivity contribution in [3.05, 3.63) is 64.5 Å². The van der Waals surface area contributed by atoms with E-state index in [1.165, 1.54) is 4.90 Å². The Morgan fingerprint density at radius 2 is 1.87 bits per heavy atom. The zero-order chi connectivity index (χ0) is 27.1. The summed E-state index contributed by atoms with van der Waals surface area (Å²) >= 11 is 0. The van der Waals surface area contributed by atoms with Gasteiger partial charge in [-0.1, -0.05) is 26.0 Å². The number of fused-ring (bicyclic) bond motifs is 1. The Morgan fingerprint density at radius 3 is 2.53 bits per heavy atom. The molecule has 3 amide bonds. The Morgan fingerprint density at radius 1 is 1.13 bits per heavy atom. The first-order valence-corrected chi connectivity index (χ1v) is 13.3. The van der Waals surface area contributed by atoms with E-state index in [0.29, 0.717) is 48.4 Å². The summed E-state index contributed by atoms with van der Waals surface area (Å²) in [5.41, 5.74) is 1.72. The summed E-state index contributed by atoms with van der Waals surface area (Å²) in [5, 5.41) is 23.7. The van der Waals surface area contributed by atoms with Crippen molar-refractivity contribution >= 4 is 17.7 Å². The minimum Gasteiger partial charge on any atom is -0.383 e. The van der Waals surface area contributed by atoms with E-state index in [1.807, 2.05) is 24.3 Å². The van der Waals surface area contributed by atoms with Crippen LogP contribution in [0.5, 0.6) is 0 Å². The van der Waals surface area contributed by atoms with Crippen molar-refractivity contribution < 1.29 is 19.5 Å². The number of likely N-dealkylation sites (tertiary alicyclic amines) is 1. The molecule has 1 aromatic carbocycles. The molecule has 9 nitrogen and oxygen atoms in total. The number of aromatic nitrogens is 1. The fraction of sp³-hybridized carbons (Fsp3) is 0.483. The number of rotatable bonds is 6. The number of hydrogen-bond donors (Lipinski definition) is 2. The molecule has 4 heterocycles. The second kappa shape index (κ2) is 9.93. The molecule has 3 aliphatic heterocycles. The molecule has 2 atom stereocenters. The normalized spacial score (nSPS) is 25.2. The van der Waals surface area contributed by atoms with E-state index >= 15 is 0 Å². The lowest BCUT2D eigenvalue weighted by Crippen LogP contribution is -2.57. The van der Waals surface area contributed by atoms with Crippen LogP contribution in [0.25, 0.3) is 0 Å². The van der Waals surface area contributed by atoms with E-state index in [2.05, 4.69) is 30.1 Å². The minimum absolute atomic E-state index is 0.181. The maximum Gasteiger partial charge on any atom is 0.256 e. The average molecular weight is 516 g/mol. The number of carbonyl (C=O) groups is 3. The monoisotopic (exact) mass is 515 g/mol. The molecule has 2 aromatic rings. The highest BCUT2D eigenvalue weighted by Gasteiger charge is 2.54. The van der Waals surface area contributed by atoms with E-state index in [0.717, 1.165) is 24.9 Å². The largest absolute Gasteiger partial charge is 0.383 e. The Balaban J connectivity index is 1.38. The Hall–Kier alpha value is -3.61. The Labute approximate surface area is 222 Å². The van der Waals surface area contributed by atoms with Crippen LogP contribution in [-0.2, 0) is 28.3 Å². The van der Waals surface area contributed by atoms with Crippen LogP contribution in [0.1, 0.15) is 78.8 Å². The van der Waals surface area contributed by atoms with Crippen LogP contribution in [-0.4, -0.2) is 56.7 Å². The first-order chi connectivity index (χ1) is 18.2. The third-order valence-electron chi connectivity index (χ3n) is 8.83. The molecule has 0 saturated carbocycles. The number of amides is 3. The molecule has 0 radical (unpaired) electrons. The number of carbonyl (C=O) groups excluding carboxylic acids is 3. The first-order valence-electron chi connectivity index (χ1n) is 13.3. The topological polar surface area (TPSA) is 127 Å². The third kappa shape index (κ3) is 4.28. The van der Waals surface area contributed by atoms with Crippen molar-refractivity contribution in [2.45, 2.75) is 70.7 Å². The maximum absolute atomic E-state index is 13.1. The van der Waals surface area contributed by atoms with Crippen molar-refractivity contribution in [3.8, 4) is 6.07 Å². The minimum atomic E-state index is -1.17. The summed E-state index contributed by atoms with van der Waals surface area (Å²) in [7, 11) is 0. The van der Waals surface area contributed by atoms with E-state index < -0.39 is 23.0 Å². The van der Waals surface area contributed by atoms with Crippen LogP contribution in [0.3, 0.4) is 0 Å². The van der Waals surface area contributed by atoms with Crippen molar-refractivity contribution in [3.63, 3.8) is 0 Å². The van der Waals surface area contributed by atoms with E-state index in [-0.39, 0.29) is 24.8 Å². The van der Waals surface area contributed by atoms with Gasteiger partial charge in [0.05, 0.1) is 35.1 Å². The molecular formula is C29H33N5O4. The highest BCUT2D eigenvalue weighted by Crippen LogP contribution is 2.50. The van der Waals surface area contributed by atoms with Crippen LogP contribution in [0.4, 0.5) is 0 Å². The lowest BCUT2D eigenvalue weighted by molar-refractivity contribution is -0.151. The molecule has 0 bridgehead atoms. The summed E-state index contributed by atoms with van der Waals surface area (Å²) in [4.78, 5) is 45.8. The molecule has 198 valence electrons. The second-order valence-electron chi connectivity index (χ2n) is 10.7. The number of nitrogens with one attached hydrogen (secondary N) is 1. The molecule has 5 rings (SSSR count). The van der Waals surface area contributed by atoms with Crippen molar-refractivity contribution in [2.24, 2.45) is 5.41 Å². The molecule has 0 unspecified atom stereocenters.